The van der Waals surface area contributed by atoms with Gasteiger partial charge in [0, 0.05) is 50.7 Å². The first-order valence-corrected chi connectivity index (χ1v) is 14.4. The summed E-state index contributed by atoms with van der Waals surface area (Å²) in [5.74, 6) is 0. The Balaban J connectivity index is 1.89. The average molecular weight is 521 g/mol. The molecular weight excluding hydrogens is 488 g/mol. The van der Waals surface area contributed by atoms with Crippen molar-refractivity contribution in [2.24, 2.45) is 5.11 Å². The van der Waals surface area contributed by atoms with E-state index in [9.17, 15) is 16.8 Å². The van der Waals surface area contributed by atoms with Crippen LogP contribution in [0.4, 0.5) is 0 Å². The summed E-state index contributed by atoms with van der Waals surface area (Å²) in [5.41, 5.74) is 10.4. The topological polar surface area (TPSA) is 127 Å². The zero-order chi connectivity index (χ0) is 25.5. The van der Waals surface area contributed by atoms with E-state index in [0.717, 1.165) is 11.1 Å². The third-order valence-electron chi connectivity index (χ3n) is 6.04. The summed E-state index contributed by atoms with van der Waals surface area (Å²) in [6.45, 7) is 6.12. The molecule has 190 valence electrons. The second-order valence-electron chi connectivity index (χ2n) is 8.58. The number of rotatable bonds is 8. The maximum absolute atomic E-state index is 13.4. The fourth-order valence-electron chi connectivity index (χ4n) is 3.90. The first kappa shape index (κ1) is 27.1. The lowest BCUT2D eigenvalue weighted by molar-refractivity contribution is 0.253. The Morgan fingerprint density at radius 2 is 1.14 bits per heavy atom. The van der Waals surface area contributed by atoms with Gasteiger partial charge in [-0.2, -0.15) is 8.61 Å². The van der Waals surface area contributed by atoms with Gasteiger partial charge in [0.1, 0.15) is 0 Å². The molecule has 1 aliphatic rings. The largest absolute Gasteiger partial charge is 0.301 e. The lowest BCUT2D eigenvalue weighted by Gasteiger charge is -2.25. The predicted molar refractivity (Wildman–Crippen MR) is 135 cm³/mol. The third kappa shape index (κ3) is 7.03. The van der Waals surface area contributed by atoms with Gasteiger partial charge in [-0.15, -0.1) is 0 Å². The molecule has 1 heterocycles. The molecular formula is C23H32N6O4S2. The monoisotopic (exact) mass is 520 g/mol. The molecule has 0 aromatic heterocycles. The van der Waals surface area contributed by atoms with Crippen LogP contribution in [-0.2, 0) is 20.0 Å². The summed E-state index contributed by atoms with van der Waals surface area (Å²) in [4.78, 5) is 5.16. The molecule has 0 atom stereocenters. The summed E-state index contributed by atoms with van der Waals surface area (Å²) < 4.78 is 56.4. The van der Waals surface area contributed by atoms with Crippen molar-refractivity contribution in [2.45, 2.75) is 30.1 Å². The Hall–Kier alpha value is -2.47. The molecule has 35 heavy (non-hydrogen) atoms. The summed E-state index contributed by atoms with van der Waals surface area (Å²) >= 11 is 0. The zero-order valence-corrected chi connectivity index (χ0v) is 21.7. The maximum atomic E-state index is 13.4. The summed E-state index contributed by atoms with van der Waals surface area (Å²) in [6, 6.07) is 13.3. The first-order valence-electron chi connectivity index (χ1n) is 11.5. The smallest absolute Gasteiger partial charge is 0.243 e. The number of nitrogens with zero attached hydrogens (tertiary/aromatic N) is 6. The lowest BCUT2D eigenvalue weighted by Crippen LogP contribution is -2.41. The van der Waals surface area contributed by atoms with E-state index in [2.05, 4.69) is 10.0 Å². The van der Waals surface area contributed by atoms with E-state index in [1.165, 1.54) is 8.61 Å². The van der Waals surface area contributed by atoms with Crippen molar-refractivity contribution < 1.29 is 16.8 Å². The highest BCUT2D eigenvalue weighted by Crippen LogP contribution is 2.20. The van der Waals surface area contributed by atoms with Gasteiger partial charge in [0.05, 0.1) is 9.79 Å². The molecule has 0 radical (unpaired) electrons. The molecule has 0 spiro atoms. The molecule has 1 saturated heterocycles. The number of hydrogen-bond donors (Lipinski definition) is 0. The summed E-state index contributed by atoms with van der Waals surface area (Å²) in [6.07, 6.45) is 0.597. The number of benzene rings is 2. The molecule has 0 saturated carbocycles. The van der Waals surface area contributed by atoms with Crippen LogP contribution in [0.5, 0.6) is 0 Å². The molecule has 0 amide bonds. The van der Waals surface area contributed by atoms with Gasteiger partial charge in [-0.3, -0.25) is 0 Å². The van der Waals surface area contributed by atoms with E-state index in [1.807, 2.05) is 18.7 Å². The SMILES string of the molecule is Cc1ccc(S(=O)(=O)N2CCN(CCCN=[N+]=[N-])CCN(S(=O)(=O)c3ccc(C)cc3)CC2)cc1. The minimum atomic E-state index is -3.81. The van der Waals surface area contributed by atoms with Gasteiger partial charge in [0.25, 0.3) is 0 Å². The Bertz CT molecular complexity index is 1150. The van der Waals surface area contributed by atoms with Gasteiger partial charge in [-0.25, -0.2) is 16.8 Å². The van der Waals surface area contributed by atoms with Crippen molar-refractivity contribution in [3.05, 3.63) is 70.1 Å². The lowest BCUT2D eigenvalue weighted by atomic mass is 10.2. The highest BCUT2D eigenvalue weighted by molar-refractivity contribution is 7.89. The van der Waals surface area contributed by atoms with Crippen molar-refractivity contribution >= 4 is 20.0 Å². The minimum absolute atomic E-state index is 0.0495. The number of aryl methyl sites for hydroxylation is 2. The van der Waals surface area contributed by atoms with Crippen molar-refractivity contribution in [2.75, 3.05) is 52.4 Å². The Morgan fingerprint density at radius 1 is 0.743 bits per heavy atom. The van der Waals surface area contributed by atoms with E-state index in [0.29, 0.717) is 32.6 Å². The van der Waals surface area contributed by atoms with Crippen LogP contribution in [0.25, 0.3) is 10.4 Å². The predicted octanol–water partition coefficient (Wildman–Crippen LogP) is 3.00. The van der Waals surface area contributed by atoms with Gasteiger partial charge in [-0.05, 0) is 56.6 Å². The highest BCUT2D eigenvalue weighted by Gasteiger charge is 2.31. The highest BCUT2D eigenvalue weighted by atomic mass is 32.2. The van der Waals surface area contributed by atoms with Crippen LogP contribution in [-0.4, -0.2) is 82.7 Å². The number of azide groups is 1. The fourth-order valence-corrected chi connectivity index (χ4v) is 6.74. The fraction of sp³-hybridized carbons (Fsp3) is 0.478. The molecule has 10 nitrogen and oxygen atoms in total. The maximum Gasteiger partial charge on any atom is 0.243 e. The standard InChI is InChI=1S/C23H32N6O4S2/c1-20-4-8-22(9-5-20)34(30,31)28-16-14-27(13-3-12-25-26-24)15-17-29(19-18-28)35(32,33)23-10-6-21(2)7-11-23/h4-11H,3,12-19H2,1-2H3. The van der Waals surface area contributed by atoms with E-state index in [-0.39, 0.29) is 36.0 Å². The zero-order valence-electron chi connectivity index (χ0n) is 20.1. The van der Waals surface area contributed by atoms with Crippen molar-refractivity contribution in [3.8, 4) is 0 Å². The molecule has 0 bridgehead atoms. The Morgan fingerprint density at radius 3 is 1.54 bits per heavy atom. The van der Waals surface area contributed by atoms with Crippen LogP contribution in [0, 0.1) is 13.8 Å². The van der Waals surface area contributed by atoms with Gasteiger partial charge >= 0.3 is 0 Å². The van der Waals surface area contributed by atoms with Gasteiger partial charge < -0.3 is 4.90 Å². The molecule has 0 N–H and O–H groups in total. The van der Waals surface area contributed by atoms with E-state index in [4.69, 9.17) is 5.53 Å². The van der Waals surface area contributed by atoms with Gasteiger partial charge in [0.2, 0.25) is 20.0 Å². The molecule has 12 heteroatoms. The quantitative estimate of drug-likeness (QED) is 0.229. The third-order valence-corrected chi connectivity index (χ3v) is 9.87. The molecule has 0 aliphatic carbocycles. The van der Waals surface area contributed by atoms with Gasteiger partial charge in [0.15, 0.2) is 0 Å². The summed E-state index contributed by atoms with van der Waals surface area (Å²) in [7, 11) is -7.62. The van der Waals surface area contributed by atoms with Crippen molar-refractivity contribution in [1.82, 2.24) is 13.5 Å². The number of hydrogen-bond acceptors (Lipinski definition) is 6. The Labute approximate surface area is 207 Å². The van der Waals surface area contributed by atoms with E-state index in [1.54, 1.807) is 48.5 Å². The summed E-state index contributed by atoms with van der Waals surface area (Å²) in [5, 5.41) is 3.56. The molecule has 2 aromatic carbocycles. The average Bonchev–Trinajstić information content (AvgIpc) is 2.93. The molecule has 1 fully saturated rings. The Kier molecular flexibility index (Phi) is 9.28. The van der Waals surface area contributed by atoms with Crippen LogP contribution in [0.15, 0.2) is 63.4 Å². The van der Waals surface area contributed by atoms with Crippen LogP contribution in [0.1, 0.15) is 17.5 Å². The first-order chi connectivity index (χ1) is 16.6. The molecule has 2 aromatic rings. The molecule has 3 rings (SSSR count). The normalized spacial score (nSPS) is 17.2. The molecule has 1 aliphatic heterocycles. The van der Waals surface area contributed by atoms with Gasteiger partial charge in [-0.1, -0.05) is 40.5 Å². The van der Waals surface area contributed by atoms with Crippen molar-refractivity contribution in [3.63, 3.8) is 0 Å². The minimum Gasteiger partial charge on any atom is -0.301 e. The van der Waals surface area contributed by atoms with E-state index >= 15 is 0 Å². The van der Waals surface area contributed by atoms with Crippen LogP contribution in [0.3, 0.4) is 0 Å². The van der Waals surface area contributed by atoms with Crippen LogP contribution >= 0.6 is 0 Å². The van der Waals surface area contributed by atoms with Crippen LogP contribution < -0.4 is 0 Å². The number of sulfonamides is 2. The second kappa shape index (κ2) is 12.0. The van der Waals surface area contributed by atoms with Crippen molar-refractivity contribution in [1.29, 1.82) is 0 Å². The van der Waals surface area contributed by atoms with E-state index < -0.39 is 20.0 Å². The molecule has 0 unspecified atom stereocenters. The second-order valence-corrected chi connectivity index (χ2v) is 12.5. The van der Waals surface area contributed by atoms with Crippen LogP contribution in [0.2, 0.25) is 0 Å².